The van der Waals surface area contributed by atoms with E-state index in [1.165, 1.54) is 0 Å². The highest BCUT2D eigenvalue weighted by Gasteiger charge is 2.11. The molecule has 0 atom stereocenters. The lowest BCUT2D eigenvalue weighted by atomic mass is 10.2. The third kappa shape index (κ3) is 3.22. The van der Waals surface area contributed by atoms with Crippen molar-refractivity contribution < 1.29 is 9.59 Å². The van der Waals surface area contributed by atoms with E-state index in [0.717, 1.165) is 0 Å². The third-order valence-corrected chi connectivity index (χ3v) is 1.03. The van der Waals surface area contributed by atoms with Gasteiger partial charge in [-0.3, -0.25) is 9.59 Å². The molecule has 0 aromatic heterocycles. The van der Waals surface area contributed by atoms with Crippen molar-refractivity contribution in [3.05, 3.63) is 0 Å². The summed E-state index contributed by atoms with van der Waals surface area (Å²) in [4.78, 5) is 21.3. The van der Waals surface area contributed by atoms with Gasteiger partial charge in [0, 0.05) is 12.3 Å². The second-order valence-electron chi connectivity index (χ2n) is 2.35. The van der Waals surface area contributed by atoms with E-state index in [-0.39, 0.29) is 17.7 Å². The van der Waals surface area contributed by atoms with E-state index in [1.54, 1.807) is 20.8 Å². The fraction of sp³-hybridized carbons (Fsp3) is 0.714. The lowest BCUT2D eigenvalue weighted by Crippen LogP contribution is -2.25. The summed E-state index contributed by atoms with van der Waals surface area (Å²) in [6, 6.07) is 0. The molecule has 57 valence electrons. The van der Waals surface area contributed by atoms with E-state index in [1.807, 2.05) is 0 Å². The summed E-state index contributed by atoms with van der Waals surface area (Å²) in [5.74, 6) is -0.832. The first-order valence-electron chi connectivity index (χ1n) is 3.36. The standard InChI is InChI=1S/C7H12NO2/c1-4-6(9)8-7(10)5(2)3/h5H,4H2,1-3H3. The van der Waals surface area contributed by atoms with E-state index in [4.69, 9.17) is 0 Å². The van der Waals surface area contributed by atoms with Gasteiger partial charge in [-0.15, -0.1) is 0 Å². The Bertz CT molecular complexity index is 141. The van der Waals surface area contributed by atoms with Crippen molar-refractivity contribution in [1.82, 2.24) is 5.32 Å². The normalized spacial score (nSPS) is 9.60. The summed E-state index contributed by atoms with van der Waals surface area (Å²) in [7, 11) is 0. The minimum Gasteiger partial charge on any atom is -0.273 e. The fourth-order valence-electron chi connectivity index (χ4n) is 0.331. The molecule has 0 aliphatic heterocycles. The molecule has 0 saturated carbocycles. The van der Waals surface area contributed by atoms with Gasteiger partial charge in [-0.1, -0.05) is 20.8 Å². The number of carbonyl (C=O) groups excluding carboxylic acids is 2. The van der Waals surface area contributed by atoms with Crippen LogP contribution in [0, 0.1) is 5.92 Å². The van der Waals surface area contributed by atoms with Crippen LogP contribution in [-0.2, 0) is 9.59 Å². The molecule has 0 aromatic carbocycles. The molecule has 0 aromatic rings. The number of rotatable bonds is 2. The van der Waals surface area contributed by atoms with Crippen molar-refractivity contribution in [2.45, 2.75) is 27.2 Å². The molecule has 1 radical (unpaired) electrons. The Morgan fingerprint density at radius 1 is 1.40 bits per heavy atom. The maximum absolute atomic E-state index is 10.7. The van der Waals surface area contributed by atoms with Gasteiger partial charge in [0.2, 0.25) is 5.91 Å². The second kappa shape index (κ2) is 4.04. The Kier molecular flexibility index (Phi) is 3.69. The van der Waals surface area contributed by atoms with Crippen LogP contribution >= 0.6 is 0 Å². The highest BCUT2D eigenvalue weighted by Crippen LogP contribution is 1.92. The summed E-state index contributed by atoms with van der Waals surface area (Å²) < 4.78 is 0. The number of amides is 2. The summed E-state index contributed by atoms with van der Waals surface area (Å²) in [6.07, 6.45) is 0.304. The van der Waals surface area contributed by atoms with Crippen LogP contribution in [0.2, 0.25) is 0 Å². The van der Waals surface area contributed by atoms with Crippen LogP contribution in [0.5, 0.6) is 0 Å². The zero-order chi connectivity index (χ0) is 8.15. The van der Waals surface area contributed by atoms with Crippen molar-refractivity contribution in [3.8, 4) is 0 Å². The van der Waals surface area contributed by atoms with Crippen LogP contribution in [0.1, 0.15) is 27.2 Å². The number of hydrogen-bond donors (Lipinski definition) is 0. The molecule has 0 aliphatic rings. The lowest BCUT2D eigenvalue weighted by molar-refractivity contribution is -0.132. The molecule has 0 aliphatic carbocycles. The molecule has 0 fully saturated rings. The molecule has 0 unspecified atom stereocenters. The average molecular weight is 142 g/mol. The van der Waals surface area contributed by atoms with Crippen LogP contribution < -0.4 is 5.32 Å². The predicted octanol–water partition coefficient (Wildman–Crippen LogP) is 0.710. The monoisotopic (exact) mass is 142 g/mol. The molecule has 0 saturated heterocycles. The maximum atomic E-state index is 10.7. The Hall–Kier alpha value is -0.860. The van der Waals surface area contributed by atoms with Crippen LogP contribution in [-0.4, -0.2) is 11.8 Å². The Morgan fingerprint density at radius 3 is 2.20 bits per heavy atom. The SMILES string of the molecule is CCC(=O)[N]C(=O)C(C)C. The molecule has 2 amide bonds. The summed E-state index contributed by atoms with van der Waals surface area (Å²) in [6.45, 7) is 5.11. The Morgan fingerprint density at radius 2 is 1.90 bits per heavy atom. The fourth-order valence-corrected chi connectivity index (χ4v) is 0.331. The van der Waals surface area contributed by atoms with Gasteiger partial charge in [0.15, 0.2) is 0 Å². The van der Waals surface area contributed by atoms with Gasteiger partial charge >= 0.3 is 0 Å². The molecule has 10 heavy (non-hydrogen) atoms. The number of imide groups is 1. The van der Waals surface area contributed by atoms with Crippen molar-refractivity contribution in [3.63, 3.8) is 0 Å². The van der Waals surface area contributed by atoms with Crippen molar-refractivity contribution in [2.75, 3.05) is 0 Å². The highest BCUT2D eigenvalue weighted by atomic mass is 16.2. The summed E-state index contributed by atoms with van der Waals surface area (Å²) in [5, 5.41) is 3.32. The first-order valence-corrected chi connectivity index (χ1v) is 3.36. The van der Waals surface area contributed by atoms with Crippen LogP contribution in [0.25, 0.3) is 0 Å². The zero-order valence-electron chi connectivity index (χ0n) is 6.55. The Balaban J connectivity index is 3.69. The molecule has 0 rings (SSSR count). The van der Waals surface area contributed by atoms with Crippen LogP contribution in [0.4, 0.5) is 0 Å². The lowest BCUT2D eigenvalue weighted by Gasteiger charge is -1.99. The highest BCUT2D eigenvalue weighted by molar-refractivity contribution is 5.95. The average Bonchev–Trinajstić information content (AvgIpc) is 1.87. The smallest absolute Gasteiger partial charge is 0.251 e. The van der Waals surface area contributed by atoms with Gasteiger partial charge in [-0.2, -0.15) is 5.32 Å². The molecule has 0 spiro atoms. The molecule has 0 heterocycles. The van der Waals surface area contributed by atoms with Gasteiger partial charge in [0.1, 0.15) is 0 Å². The van der Waals surface area contributed by atoms with E-state index >= 15 is 0 Å². The quantitative estimate of drug-likeness (QED) is 0.570. The molecule has 0 bridgehead atoms. The molecular formula is C7H12NO2. The van der Waals surface area contributed by atoms with E-state index in [2.05, 4.69) is 5.32 Å². The Labute approximate surface area is 60.8 Å². The zero-order valence-corrected chi connectivity index (χ0v) is 6.55. The van der Waals surface area contributed by atoms with Gasteiger partial charge < -0.3 is 0 Å². The minimum absolute atomic E-state index is 0.171. The van der Waals surface area contributed by atoms with Gasteiger partial charge in [-0.25, -0.2) is 0 Å². The van der Waals surface area contributed by atoms with Gasteiger partial charge in [-0.05, 0) is 0 Å². The summed E-state index contributed by atoms with van der Waals surface area (Å²) in [5.41, 5.74) is 0. The summed E-state index contributed by atoms with van der Waals surface area (Å²) >= 11 is 0. The largest absolute Gasteiger partial charge is 0.273 e. The maximum Gasteiger partial charge on any atom is 0.251 e. The first-order chi connectivity index (χ1) is 4.57. The molecule has 3 nitrogen and oxygen atoms in total. The second-order valence-corrected chi connectivity index (χ2v) is 2.35. The van der Waals surface area contributed by atoms with Gasteiger partial charge in [0.05, 0.1) is 0 Å². The predicted molar refractivity (Wildman–Crippen MR) is 37.3 cm³/mol. The van der Waals surface area contributed by atoms with E-state index < -0.39 is 0 Å². The molecular weight excluding hydrogens is 130 g/mol. The van der Waals surface area contributed by atoms with Crippen molar-refractivity contribution in [1.29, 1.82) is 0 Å². The van der Waals surface area contributed by atoms with Crippen molar-refractivity contribution >= 4 is 11.8 Å². The molecule has 0 N–H and O–H groups in total. The van der Waals surface area contributed by atoms with Crippen LogP contribution in [0.3, 0.4) is 0 Å². The van der Waals surface area contributed by atoms with Crippen molar-refractivity contribution in [2.24, 2.45) is 5.92 Å². The molecule has 3 heteroatoms. The minimum atomic E-state index is -0.335. The van der Waals surface area contributed by atoms with E-state index in [0.29, 0.717) is 6.42 Å². The van der Waals surface area contributed by atoms with E-state index in [9.17, 15) is 9.59 Å². The first kappa shape index (κ1) is 9.14. The van der Waals surface area contributed by atoms with Gasteiger partial charge in [0.25, 0.3) is 5.91 Å². The van der Waals surface area contributed by atoms with Crippen LogP contribution in [0.15, 0.2) is 0 Å². The number of nitrogens with zero attached hydrogens (tertiary/aromatic N) is 1. The third-order valence-electron chi connectivity index (χ3n) is 1.03. The number of carbonyl (C=O) groups is 2. The topological polar surface area (TPSA) is 48.2 Å². The number of hydrogen-bond acceptors (Lipinski definition) is 2.